The minimum atomic E-state index is -3.63. The van der Waals surface area contributed by atoms with Gasteiger partial charge in [-0.3, -0.25) is 49.0 Å². The fraction of sp³-hybridized carbons (Fsp3) is 0.372. The summed E-state index contributed by atoms with van der Waals surface area (Å²) in [5.41, 5.74) is 2.73. The van der Waals surface area contributed by atoms with E-state index >= 15 is 0 Å². The highest BCUT2D eigenvalue weighted by Crippen LogP contribution is 2.25. The van der Waals surface area contributed by atoms with Gasteiger partial charge in [-0.25, -0.2) is 9.59 Å². The monoisotopic (exact) mass is 918 g/mol. The van der Waals surface area contributed by atoms with E-state index in [4.69, 9.17) is 33.9 Å². The summed E-state index contributed by atoms with van der Waals surface area (Å²) < 4.78 is 52.5. The minimum Gasteiger partial charge on any atom is -0.472 e. The van der Waals surface area contributed by atoms with E-state index in [0.717, 1.165) is 32.4 Å². The van der Waals surface area contributed by atoms with Gasteiger partial charge >= 0.3 is 18.2 Å². The number of nitrogens with one attached hydrogen (secondary N) is 4. The Bertz CT molecular complexity index is 2440. The van der Waals surface area contributed by atoms with Crippen LogP contribution < -0.4 is 20.4 Å². The van der Waals surface area contributed by atoms with Crippen LogP contribution >= 0.6 is 0 Å². The lowest BCUT2D eigenvalue weighted by molar-refractivity contribution is -0.154. The lowest BCUT2D eigenvalue weighted by atomic mass is 10.1. The molecule has 3 saturated heterocycles. The molecule has 2 aromatic heterocycles. The van der Waals surface area contributed by atoms with Gasteiger partial charge in [0.15, 0.2) is 0 Å². The van der Waals surface area contributed by atoms with Crippen molar-refractivity contribution in [3.8, 4) is 0 Å². The Balaban J connectivity index is 0.000000224. The minimum absolute atomic E-state index is 0.0504. The smallest absolute Gasteiger partial charge is 0.414 e. The summed E-state index contributed by atoms with van der Waals surface area (Å²) in [5, 5.41) is 21.1. The topological polar surface area (TPSA) is 267 Å². The third-order valence-electron chi connectivity index (χ3n) is 10.3. The summed E-state index contributed by atoms with van der Waals surface area (Å²) in [6.07, 6.45) is 4.10. The molecule has 3 fully saturated rings. The SMILES string of the molecule is CC(C)OC(=O)C(C)N1CCN(CC2CN(c3ccc(C(=N)NC(=O)c4ccoc4)cc3)C(=O)O2)CC1.CS(=O)(=O)OCC1CN(c2ccc(C(=N)NC(=O)c3ccoc3)cc2)C(=O)O1. The van der Waals surface area contributed by atoms with Crippen molar-refractivity contribution < 1.29 is 59.6 Å². The number of hydrogen-bond donors (Lipinski definition) is 4. The van der Waals surface area contributed by atoms with E-state index in [0.29, 0.717) is 46.7 Å². The first kappa shape index (κ1) is 47.6. The molecule has 5 heterocycles. The van der Waals surface area contributed by atoms with Crippen LogP contribution in [0.15, 0.2) is 94.6 Å². The Morgan fingerprint density at radius 3 is 1.60 bits per heavy atom. The van der Waals surface area contributed by atoms with Gasteiger partial charge < -0.3 is 33.7 Å². The average molecular weight is 919 g/mol. The van der Waals surface area contributed by atoms with Crippen molar-refractivity contribution in [2.45, 2.75) is 45.1 Å². The van der Waals surface area contributed by atoms with Crippen molar-refractivity contribution in [1.82, 2.24) is 20.4 Å². The van der Waals surface area contributed by atoms with Crippen LogP contribution in [0.3, 0.4) is 0 Å². The first-order chi connectivity index (χ1) is 30.9. The van der Waals surface area contributed by atoms with E-state index in [1.165, 1.54) is 42.1 Å². The summed E-state index contributed by atoms with van der Waals surface area (Å²) in [5.74, 6) is -1.27. The Hall–Kier alpha value is -6.88. The molecule has 0 aliphatic carbocycles. The van der Waals surface area contributed by atoms with Crippen molar-refractivity contribution in [3.05, 3.63) is 108 Å². The van der Waals surface area contributed by atoms with Gasteiger partial charge in [-0.2, -0.15) is 8.42 Å². The number of carbonyl (C=O) groups is 5. The largest absolute Gasteiger partial charge is 0.472 e. The molecule has 4 amide bonds. The lowest BCUT2D eigenvalue weighted by Crippen LogP contribution is -2.53. The average Bonchev–Trinajstić information content (AvgIpc) is 4.12. The molecule has 3 aliphatic rings. The number of rotatable bonds is 14. The molecule has 2 aromatic carbocycles. The molecule has 22 heteroatoms. The summed E-state index contributed by atoms with van der Waals surface area (Å²) in [7, 11) is -3.63. The molecule has 346 valence electrons. The van der Waals surface area contributed by atoms with Crippen molar-refractivity contribution >= 4 is 63.1 Å². The fourth-order valence-corrected chi connectivity index (χ4v) is 7.27. The first-order valence-electron chi connectivity index (χ1n) is 20.5. The second-order valence-electron chi connectivity index (χ2n) is 15.5. The number of furan rings is 2. The van der Waals surface area contributed by atoms with Crippen LogP contribution in [0, 0.1) is 10.8 Å². The molecule has 3 aliphatic heterocycles. The predicted octanol–water partition coefficient (Wildman–Crippen LogP) is 3.65. The Morgan fingerprint density at radius 2 is 1.17 bits per heavy atom. The Morgan fingerprint density at radius 1 is 0.708 bits per heavy atom. The number of esters is 1. The molecule has 0 radical (unpaired) electrons. The Kier molecular flexibility index (Phi) is 15.5. The number of carbonyl (C=O) groups excluding carboxylic acids is 5. The highest BCUT2D eigenvalue weighted by Gasteiger charge is 2.36. The quantitative estimate of drug-likeness (QED) is 0.0462. The first-order valence-corrected chi connectivity index (χ1v) is 22.3. The molecular formula is C43H50N8O13S. The number of nitrogens with zero attached hydrogens (tertiary/aromatic N) is 4. The molecule has 0 saturated carbocycles. The van der Waals surface area contributed by atoms with Gasteiger partial charge in [0.05, 0.1) is 49.1 Å². The normalized spacial score (nSPS) is 18.3. The zero-order valence-corrected chi connectivity index (χ0v) is 36.9. The van der Waals surface area contributed by atoms with Gasteiger partial charge in [0, 0.05) is 55.2 Å². The summed E-state index contributed by atoms with van der Waals surface area (Å²) in [6.45, 7) is 9.49. The number of amidine groups is 2. The summed E-state index contributed by atoms with van der Waals surface area (Å²) in [6, 6.07) is 15.9. The van der Waals surface area contributed by atoms with Crippen LogP contribution in [-0.4, -0.2) is 143 Å². The van der Waals surface area contributed by atoms with Crippen LogP contribution in [0.5, 0.6) is 0 Å². The molecular weight excluding hydrogens is 869 g/mol. The van der Waals surface area contributed by atoms with E-state index in [-0.39, 0.29) is 49.0 Å². The van der Waals surface area contributed by atoms with E-state index in [1.54, 1.807) is 53.4 Å². The van der Waals surface area contributed by atoms with Gasteiger partial charge in [-0.15, -0.1) is 0 Å². The number of ether oxygens (including phenoxy) is 3. The predicted molar refractivity (Wildman–Crippen MR) is 234 cm³/mol. The van der Waals surface area contributed by atoms with Crippen LogP contribution in [0.2, 0.25) is 0 Å². The van der Waals surface area contributed by atoms with Gasteiger partial charge in [0.2, 0.25) is 0 Å². The standard InChI is InChI=1S/C26H33N5O6.C17H17N3O7S/c1-17(2)36-25(33)18(3)30-11-9-29(10-12-30)14-22-15-31(26(34)37-22)21-6-4-19(5-7-21)23(27)28-24(32)20-8-13-35-16-20;1-28(23,24)26-10-14-8-20(17(22)27-14)13-4-2-11(3-5-13)15(18)19-16(21)12-6-7-25-9-12/h4-8,13,16-18,22H,9-12,14-15H2,1-3H3,(H2,27,28,32);2-7,9,14H,8,10H2,1H3,(H2,18,19,21). The third kappa shape index (κ3) is 13.1. The van der Waals surface area contributed by atoms with E-state index in [1.807, 2.05) is 20.8 Å². The third-order valence-corrected chi connectivity index (χ3v) is 10.9. The molecule has 3 atom stereocenters. The van der Waals surface area contributed by atoms with Crippen molar-refractivity contribution in [2.75, 3.05) is 68.5 Å². The molecule has 0 bridgehead atoms. The molecule has 65 heavy (non-hydrogen) atoms. The van der Waals surface area contributed by atoms with Crippen LogP contribution in [0.4, 0.5) is 21.0 Å². The number of benzene rings is 2. The summed E-state index contributed by atoms with van der Waals surface area (Å²) in [4.78, 5) is 68.1. The van der Waals surface area contributed by atoms with Crippen molar-refractivity contribution in [3.63, 3.8) is 0 Å². The molecule has 4 aromatic rings. The van der Waals surface area contributed by atoms with Crippen LogP contribution in [-0.2, 0) is 33.3 Å². The number of piperazine rings is 1. The Labute approximate surface area is 374 Å². The number of amides is 4. The maximum absolute atomic E-state index is 12.5. The zero-order valence-electron chi connectivity index (χ0n) is 36.1. The van der Waals surface area contributed by atoms with Gasteiger partial charge in [0.1, 0.15) is 49.1 Å². The van der Waals surface area contributed by atoms with E-state index in [9.17, 15) is 32.4 Å². The molecule has 3 unspecified atom stereocenters. The molecule has 0 spiro atoms. The van der Waals surface area contributed by atoms with Crippen molar-refractivity contribution in [1.29, 1.82) is 10.8 Å². The highest BCUT2D eigenvalue weighted by atomic mass is 32.2. The maximum atomic E-state index is 12.5. The van der Waals surface area contributed by atoms with Gasteiger partial charge in [0.25, 0.3) is 21.9 Å². The highest BCUT2D eigenvalue weighted by molar-refractivity contribution is 7.86. The fourth-order valence-electron chi connectivity index (χ4n) is 6.87. The lowest BCUT2D eigenvalue weighted by Gasteiger charge is -2.37. The molecule has 4 N–H and O–H groups in total. The summed E-state index contributed by atoms with van der Waals surface area (Å²) >= 11 is 0. The molecule has 7 rings (SSSR count). The maximum Gasteiger partial charge on any atom is 0.414 e. The zero-order chi connectivity index (χ0) is 46.8. The van der Waals surface area contributed by atoms with Crippen LogP contribution in [0.25, 0.3) is 0 Å². The number of anilines is 2. The second kappa shape index (κ2) is 21.2. The van der Waals surface area contributed by atoms with E-state index < -0.39 is 40.2 Å². The number of hydrogen-bond acceptors (Lipinski definition) is 17. The van der Waals surface area contributed by atoms with E-state index in [2.05, 4.69) is 24.6 Å². The van der Waals surface area contributed by atoms with Gasteiger partial charge in [-0.1, -0.05) is 0 Å². The van der Waals surface area contributed by atoms with Crippen molar-refractivity contribution in [2.24, 2.45) is 0 Å². The second-order valence-corrected chi connectivity index (χ2v) is 17.1. The van der Waals surface area contributed by atoms with Crippen LogP contribution in [0.1, 0.15) is 52.6 Å². The van der Waals surface area contributed by atoms with Gasteiger partial charge in [-0.05, 0) is 81.4 Å². The number of cyclic esters (lactones) is 2. The molecule has 21 nitrogen and oxygen atoms in total.